The minimum atomic E-state index is 0.361. The van der Waals surface area contributed by atoms with E-state index in [1.165, 1.54) is 0 Å². The molecule has 1 fully saturated rings. The Morgan fingerprint density at radius 2 is 2.38 bits per heavy atom. The first-order valence-electron chi connectivity index (χ1n) is 5.73. The summed E-state index contributed by atoms with van der Waals surface area (Å²) in [5, 5.41) is 7.72. The van der Waals surface area contributed by atoms with E-state index in [-0.39, 0.29) is 0 Å². The molecule has 0 amide bonds. The number of ether oxygens (including phenoxy) is 1. The minimum absolute atomic E-state index is 0.361. The monoisotopic (exact) mass is 224 g/mol. The van der Waals surface area contributed by atoms with E-state index in [4.69, 9.17) is 10.5 Å². The molecule has 2 unspecified atom stereocenters. The smallest absolute Gasteiger partial charge is 0.147 e. The highest BCUT2D eigenvalue weighted by Crippen LogP contribution is 2.25. The first-order valence-corrected chi connectivity index (χ1v) is 5.73. The van der Waals surface area contributed by atoms with Gasteiger partial charge in [0.15, 0.2) is 0 Å². The molecule has 0 radical (unpaired) electrons. The topological polar surface area (TPSA) is 65.1 Å². The molecule has 16 heavy (non-hydrogen) atoms. The summed E-state index contributed by atoms with van der Waals surface area (Å²) < 4.78 is 7.19. The zero-order valence-electron chi connectivity index (χ0n) is 10.2. The summed E-state index contributed by atoms with van der Waals surface area (Å²) in [6.07, 6.45) is 1.12. The molecule has 2 atom stereocenters. The van der Waals surface area contributed by atoms with Gasteiger partial charge in [-0.2, -0.15) is 5.10 Å². The van der Waals surface area contributed by atoms with Gasteiger partial charge in [-0.3, -0.25) is 4.68 Å². The van der Waals surface area contributed by atoms with Crippen molar-refractivity contribution < 1.29 is 4.74 Å². The summed E-state index contributed by atoms with van der Waals surface area (Å²) in [5.74, 6) is 1.48. The number of aromatic nitrogens is 2. The lowest BCUT2D eigenvalue weighted by atomic mass is 10.0. The van der Waals surface area contributed by atoms with Gasteiger partial charge in [-0.25, -0.2) is 0 Å². The number of nitrogen functional groups attached to an aromatic ring is 1. The van der Waals surface area contributed by atoms with Gasteiger partial charge in [0, 0.05) is 25.6 Å². The number of nitrogens with one attached hydrogen (secondary N) is 1. The lowest BCUT2D eigenvalue weighted by molar-refractivity contribution is 0.183. The maximum Gasteiger partial charge on any atom is 0.147 e. The Balaban J connectivity index is 2.07. The Bertz CT molecular complexity index is 368. The van der Waals surface area contributed by atoms with Crippen LogP contribution in [0.1, 0.15) is 19.0 Å². The number of hydrogen-bond donors (Lipinski definition) is 2. The highest BCUT2D eigenvalue weighted by Gasteiger charge is 2.23. The van der Waals surface area contributed by atoms with Gasteiger partial charge < -0.3 is 15.8 Å². The molecule has 0 aromatic carbocycles. The normalized spacial score (nSPS) is 22.3. The summed E-state index contributed by atoms with van der Waals surface area (Å²) in [5.41, 5.74) is 7.59. The summed E-state index contributed by atoms with van der Waals surface area (Å²) in [7, 11) is 1.91. The molecule has 1 aromatic rings. The number of anilines is 2. The lowest BCUT2D eigenvalue weighted by Crippen LogP contribution is -2.27. The van der Waals surface area contributed by atoms with Crippen molar-refractivity contribution in [2.24, 2.45) is 13.0 Å². The van der Waals surface area contributed by atoms with Crippen LogP contribution in [0.15, 0.2) is 0 Å². The van der Waals surface area contributed by atoms with Gasteiger partial charge in [0.2, 0.25) is 0 Å². The third-order valence-corrected chi connectivity index (χ3v) is 3.30. The molecular formula is C11H20N4O. The molecule has 0 saturated carbocycles. The average molecular weight is 224 g/mol. The van der Waals surface area contributed by atoms with Crippen LogP contribution in [0.25, 0.3) is 0 Å². The molecule has 0 aliphatic carbocycles. The zero-order valence-corrected chi connectivity index (χ0v) is 10.2. The van der Waals surface area contributed by atoms with Gasteiger partial charge in [0.25, 0.3) is 0 Å². The van der Waals surface area contributed by atoms with Crippen molar-refractivity contribution in [3.05, 3.63) is 5.69 Å². The van der Waals surface area contributed by atoms with Gasteiger partial charge in [0.1, 0.15) is 5.82 Å². The molecule has 2 rings (SSSR count). The van der Waals surface area contributed by atoms with E-state index in [0.29, 0.717) is 12.0 Å². The molecule has 1 aliphatic heterocycles. The van der Waals surface area contributed by atoms with Crippen LogP contribution in [0.4, 0.5) is 11.5 Å². The Hall–Kier alpha value is -1.23. The maximum absolute atomic E-state index is 5.97. The highest BCUT2D eigenvalue weighted by molar-refractivity contribution is 5.64. The molecule has 1 saturated heterocycles. The Kier molecular flexibility index (Phi) is 3.05. The fourth-order valence-electron chi connectivity index (χ4n) is 2.13. The van der Waals surface area contributed by atoms with Crippen LogP contribution in [0, 0.1) is 12.8 Å². The molecule has 5 heteroatoms. The second-order valence-electron chi connectivity index (χ2n) is 4.53. The van der Waals surface area contributed by atoms with Crippen molar-refractivity contribution in [1.29, 1.82) is 0 Å². The maximum atomic E-state index is 5.97. The van der Waals surface area contributed by atoms with Crippen LogP contribution in [-0.2, 0) is 11.8 Å². The fourth-order valence-corrected chi connectivity index (χ4v) is 2.13. The van der Waals surface area contributed by atoms with E-state index < -0.39 is 0 Å². The number of hydrogen-bond acceptors (Lipinski definition) is 4. The predicted octanol–water partition coefficient (Wildman–Crippen LogP) is 1.15. The molecule has 1 aliphatic rings. The van der Waals surface area contributed by atoms with Crippen molar-refractivity contribution in [3.8, 4) is 0 Å². The van der Waals surface area contributed by atoms with Crippen molar-refractivity contribution in [2.45, 2.75) is 26.3 Å². The standard InChI is InChI=1S/C11H20N4O/c1-7(9-4-5-16-6-9)13-11-10(12)8(2)14-15(11)3/h7,9,13H,4-6,12H2,1-3H3. The van der Waals surface area contributed by atoms with Gasteiger partial charge in [-0.1, -0.05) is 0 Å². The number of nitrogens with zero attached hydrogens (tertiary/aromatic N) is 2. The van der Waals surface area contributed by atoms with E-state index in [0.717, 1.165) is 36.8 Å². The molecule has 0 bridgehead atoms. The second-order valence-corrected chi connectivity index (χ2v) is 4.53. The first-order chi connectivity index (χ1) is 7.59. The largest absolute Gasteiger partial charge is 0.394 e. The lowest BCUT2D eigenvalue weighted by Gasteiger charge is -2.20. The van der Waals surface area contributed by atoms with Crippen molar-refractivity contribution >= 4 is 11.5 Å². The van der Waals surface area contributed by atoms with E-state index >= 15 is 0 Å². The predicted molar refractivity (Wildman–Crippen MR) is 64.4 cm³/mol. The average Bonchev–Trinajstić information content (AvgIpc) is 2.83. The fraction of sp³-hybridized carbons (Fsp3) is 0.727. The van der Waals surface area contributed by atoms with E-state index in [1.54, 1.807) is 4.68 Å². The molecule has 1 aromatic heterocycles. The molecular weight excluding hydrogens is 204 g/mol. The van der Waals surface area contributed by atoms with Gasteiger partial charge in [0.05, 0.1) is 18.0 Å². The summed E-state index contributed by atoms with van der Waals surface area (Å²) in [6, 6.07) is 0.361. The van der Waals surface area contributed by atoms with Crippen molar-refractivity contribution in [1.82, 2.24) is 9.78 Å². The molecule has 0 spiro atoms. The third-order valence-electron chi connectivity index (χ3n) is 3.30. The minimum Gasteiger partial charge on any atom is -0.394 e. The van der Waals surface area contributed by atoms with Crippen LogP contribution in [0.5, 0.6) is 0 Å². The second kappa shape index (κ2) is 4.33. The van der Waals surface area contributed by atoms with E-state index in [1.807, 2.05) is 14.0 Å². The van der Waals surface area contributed by atoms with E-state index in [2.05, 4.69) is 17.3 Å². The number of nitrogens with two attached hydrogens (primary N) is 1. The molecule has 90 valence electrons. The van der Waals surface area contributed by atoms with Crippen LogP contribution < -0.4 is 11.1 Å². The quantitative estimate of drug-likeness (QED) is 0.808. The van der Waals surface area contributed by atoms with E-state index in [9.17, 15) is 0 Å². The first kappa shape index (κ1) is 11.3. The Labute approximate surface area is 96.0 Å². The SMILES string of the molecule is Cc1nn(C)c(NC(C)C2CCOC2)c1N. The number of rotatable bonds is 3. The van der Waals surface area contributed by atoms with Crippen LogP contribution in [0.2, 0.25) is 0 Å². The third kappa shape index (κ3) is 2.00. The van der Waals surface area contributed by atoms with Crippen LogP contribution in [-0.4, -0.2) is 29.0 Å². The molecule has 5 nitrogen and oxygen atoms in total. The van der Waals surface area contributed by atoms with Gasteiger partial charge in [-0.05, 0) is 20.3 Å². The van der Waals surface area contributed by atoms with Crippen LogP contribution in [0.3, 0.4) is 0 Å². The molecule has 2 heterocycles. The Morgan fingerprint density at radius 3 is 2.88 bits per heavy atom. The van der Waals surface area contributed by atoms with Crippen molar-refractivity contribution in [2.75, 3.05) is 24.3 Å². The summed E-state index contributed by atoms with van der Waals surface area (Å²) in [4.78, 5) is 0. The zero-order chi connectivity index (χ0) is 11.7. The van der Waals surface area contributed by atoms with Crippen molar-refractivity contribution in [3.63, 3.8) is 0 Å². The van der Waals surface area contributed by atoms with Crippen LogP contribution >= 0.6 is 0 Å². The van der Waals surface area contributed by atoms with Gasteiger partial charge in [-0.15, -0.1) is 0 Å². The Morgan fingerprint density at radius 1 is 1.62 bits per heavy atom. The summed E-state index contributed by atoms with van der Waals surface area (Å²) in [6.45, 7) is 5.80. The number of aryl methyl sites for hydroxylation is 2. The molecule has 3 N–H and O–H groups in total. The van der Waals surface area contributed by atoms with Gasteiger partial charge >= 0.3 is 0 Å². The summed E-state index contributed by atoms with van der Waals surface area (Å²) >= 11 is 0. The highest BCUT2D eigenvalue weighted by atomic mass is 16.5.